The van der Waals surface area contributed by atoms with Crippen molar-refractivity contribution in [2.24, 2.45) is 11.7 Å². The molecular weight excluding hydrogens is 200 g/mol. The molecule has 0 aromatic heterocycles. The largest absolute Gasteiger partial charge is 0.355 e. The molecule has 1 aromatic rings. The quantitative estimate of drug-likeness (QED) is 0.793. The SMILES string of the molecule is CC(CN)C(=O)NCC1Cc2ccccc21. The van der Waals surface area contributed by atoms with E-state index in [9.17, 15) is 4.79 Å². The smallest absolute Gasteiger partial charge is 0.224 e. The third kappa shape index (κ3) is 2.09. The van der Waals surface area contributed by atoms with Crippen LogP contribution in [0.5, 0.6) is 0 Å². The summed E-state index contributed by atoms with van der Waals surface area (Å²) in [5.74, 6) is 0.465. The molecule has 0 heterocycles. The molecular formula is C13H18N2O. The van der Waals surface area contributed by atoms with Gasteiger partial charge in [-0.15, -0.1) is 0 Å². The highest BCUT2D eigenvalue weighted by molar-refractivity contribution is 5.78. The maximum absolute atomic E-state index is 11.5. The Morgan fingerprint density at radius 3 is 3.00 bits per heavy atom. The second-order valence-corrected chi connectivity index (χ2v) is 4.48. The van der Waals surface area contributed by atoms with Crippen LogP contribution >= 0.6 is 0 Å². The number of rotatable bonds is 4. The summed E-state index contributed by atoms with van der Waals surface area (Å²) in [5, 5.41) is 2.96. The normalized spacial score (nSPS) is 19.5. The zero-order valence-corrected chi connectivity index (χ0v) is 9.57. The van der Waals surface area contributed by atoms with Crippen LogP contribution in [-0.4, -0.2) is 19.0 Å². The van der Waals surface area contributed by atoms with Crippen molar-refractivity contribution in [1.29, 1.82) is 0 Å². The van der Waals surface area contributed by atoms with Gasteiger partial charge in [0.15, 0.2) is 0 Å². The minimum atomic E-state index is -0.0877. The van der Waals surface area contributed by atoms with Crippen molar-refractivity contribution in [2.75, 3.05) is 13.1 Å². The van der Waals surface area contributed by atoms with E-state index in [4.69, 9.17) is 5.73 Å². The van der Waals surface area contributed by atoms with Crippen LogP contribution in [0.25, 0.3) is 0 Å². The fourth-order valence-electron chi connectivity index (χ4n) is 2.05. The third-order valence-electron chi connectivity index (χ3n) is 3.29. The second kappa shape index (κ2) is 4.66. The Labute approximate surface area is 96.0 Å². The summed E-state index contributed by atoms with van der Waals surface area (Å²) in [6.45, 7) is 3.00. The van der Waals surface area contributed by atoms with Gasteiger partial charge in [-0.1, -0.05) is 31.2 Å². The van der Waals surface area contributed by atoms with Crippen molar-refractivity contribution in [3.05, 3.63) is 35.4 Å². The van der Waals surface area contributed by atoms with Gasteiger partial charge >= 0.3 is 0 Å². The zero-order chi connectivity index (χ0) is 11.5. The number of amides is 1. The molecule has 3 nitrogen and oxygen atoms in total. The predicted octanol–water partition coefficient (Wildman–Crippen LogP) is 1.04. The van der Waals surface area contributed by atoms with E-state index in [0.29, 0.717) is 12.5 Å². The van der Waals surface area contributed by atoms with Gasteiger partial charge in [0.25, 0.3) is 0 Å². The Kier molecular flexibility index (Phi) is 3.25. The van der Waals surface area contributed by atoms with Crippen LogP contribution < -0.4 is 11.1 Å². The lowest BCUT2D eigenvalue weighted by molar-refractivity contribution is -0.124. The Morgan fingerprint density at radius 1 is 1.56 bits per heavy atom. The van der Waals surface area contributed by atoms with E-state index in [0.717, 1.165) is 13.0 Å². The van der Waals surface area contributed by atoms with E-state index in [-0.39, 0.29) is 11.8 Å². The van der Waals surface area contributed by atoms with Gasteiger partial charge in [-0.3, -0.25) is 4.79 Å². The molecule has 0 saturated carbocycles. The van der Waals surface area contributed by atoms with E-state index >= 15 is 0 Å². The van der Waals surface area contributed by atoms with Gasteiger partial charge in [0.1, 0.15) is 0 Å². The Hall–Kier alpha value is -1.35. The van der Waals surface area contributed by atoms with Gasteiger partial charge in [0, 0.05) is 24.9 Å². The Bertz CT molecular complexity index is 389. The molecule has 0 spiro atoms. The number of nitrogens with one attached hydrogen (secondary N) is 1. The number of fused-ring (bicyclic) bond motifs is 1. The Morgan fingerprint density at radius 2 is 2.31 bits per heavy atom. The first-order chi connectivity index (χ1) is 7.72. The molecule has 16 heavy (non-hydrogen) atoms. The highest BCUT2D eigenvalue weighted by Gasteiger charge is 2.25. The number of hydrogen-bond acceptors (Lipinski definition) is 2. The summed E-state index contributed by atoms with van der Waals surface area (Å²) in [7, 11) is 0. The minimum absolute atomic E-state index is 0.0619. The molecule has 1 aliphatic rings. The number of carbonyl (C=O) groups is 1. The first-order valence-corrected chi connectivity index (χ1v) is 5.78. The van der Waals surface area contributed by atoms with Gasteiger partial charge in [-0.05, 0) is 17.5 Å². The van der Waals surface area contributed by atoms with E-state index < -0.39 is 0 Å². The molecule has 2 atom stereocenters. The summed E-state index contributed by atoms with van der Waals surface area (Å²) in [4.78, 5) is 11.5. The van der Waals surface area contributed by atoms with E-state index in [1.807, 2.05) is 6.92 Å². The first-order valence-electron chi connectivity index (χ1n) is 5.78. The average Bonchev–Trinajstić information content (AvgIpc) is 2.29. The fraction of sp³-hybridized carbons (Fsp3) is 0.462. The first kappa shape index (κ1) is 11.1. The van der Waals surface area contributed by atoms with Crippen molar-refractivity contribution >= 4 is 5.91 Å². The Balaban J connectivity index is 1.84. The van der Waals surface area contributed by atoms with Crippen molar-refractivity contribution in [2.45, 2.75) is 19.3 Å². The van der Waals surface area contributed by atoms with Crippen molar-refractivity contribution < 1.29 is 4.79 Å². The van der Waals surface area contributed by atoms with Crippen molar-refractivity contribution in [3.63, 3.8) is 0 Å². The molecule has 0 aliphatic heterocycles. The van der Waals surface area contributed by atoms with Gasteiger partial charge in [0.2, 0.25) is 5.91 Å². The number of carbonyl (C=O) groups excluding carboxylic acids is 1. The number of nitrogens with two attached hydrogens (primary N) is 1. The monoisotopic (exact) mass is 218 g/mol. The average molecular weight is 218 g/mol. The molecule has 1 aromatic carbocycles. The number of benzene rings is 1. The van der Waals surface area contributed by atoms with Crippen LogP contribution in [-0.2, 0) is 11.2 Å². The van der Waals surface area contributed by atoms with Crippen LogP contribution in [0.15, 0.2) is 24.3 Å². The van der Waals surface area contributed by atoms with Crippen LogP contribution in [0.1, 0.15) is 24.0 Å². The maximum atomic E-state index is 11.5. The lowest BCUT2D eigenvalue weighted by Crippen LogP contribution is -2.38. The molecule has 0 saturated heterocycles. The summed E-state index contributed by atoms with van der Waals surface area (Å²) in [5.41, 5.74) is 8.23. The summed E-state index contributed by atoms with van der Waals surface area (Å²) >= 11 is 0. The number of hydrogen-bond donors (Lipinski definition) is 2. The van der Waals surface area contributed by atoms with E-state index in [1.165, 1.54) is 11.1 Å². The summed E-state index contributed by atoms with van der Waals surface area (Å²) in [6.07, 6.45) is 1.08. The minimum Gasteiger partial charge on any atom is -0.355 e. The molecule has 1 aliphatic carbocycles. The summed E-state index contributed by atoms with van der Waals surface area (Å²) in [6, 6.07) is 8.40. The molecule has 2 unspecified atom stereocenters. The van der Waals surface area contributed by atoms with Crippen LogP contribution in [0.2, 0.25) is 0 Å². The van der Waals surface area contributed by atoms with Crippen LogP contribution in [0.3, 0.4) is 0 Å². The standard InChI is InChI=1S/C13H18N2O/c1-9(7-14)13(16)15-8-11-6-10-4-2-3-5-12(10)11/h2-5,9,11H,6-8,14H2,1H3,(H,15,16). The predicted molar refractivity (Wildman–Crippen MR) is 64.1 cm³/mol. The molecule has 1 amide bonds. The lowest BCUT2D eigenvalue weighted by Gasteiger charge is -2.30. The van der Waals surface area contributed by atoms with Crippen molar-refractivity contribution in [1.82, 2.24) is 5.32 Å². The molecule has 0 radical (unpaired) electrons. The summed E-state index contributed by atoms with van der Waals surface area (Å²) < 4.78 is 0. The second-order valence-electron chi connectivity index (χ2n) is 4.48. The van der Waals surface area contributed by atoms with Gasteiger partial charge in [0.05, 0.1) is 0 Å². The highest BCUT2D eigenvalue weighted by Crippen LogP contribution is 2.33. The van der Waals surface area contributed by atoms with Crippen LogP contribution in [0.4, 0.5) is 0 Å². The van der Waals surface area contributed by atoms with Gasteiger partial charge in [-0.25, -0.2) is 0 Å². The van der Waals surface area contributed by atoms with Gasteiger partial charge in [-0.2, -0.15) is 0 Å². The van der Waals surface area contributed by atoms with Gasteiger partial charge < -0.3 is 11.1 Å². The molecule has 3 heteroatoms. The molecule has 86 valence electrons. The molecule has 0 fully saturated rings. The van der Waals surface area contributed by atoms with E-state index in [2.05, 4.69) is 29.6 Å². The zero-order valence-electron chi connectivity index (χ0n) is 9.57. The van der Waals surface area contributed by atoms with Crippen LogP contribution in [0, 0.1) is 5.92 Å². The molecule has 2 rings (SSSR count). The lowest BCUT2D eigenvalue weighted by atomic mass is 9.77. The third-order valence-corrected chi connectivity index (χ3v) is 3.29. The molecule has 3 N–H and O–H groups in total. The van der Waals surface area contributed by atoms with E-state index in [1.54, 1.807) is 0 Å². The van der Waals surface area contributed by atoms with Crippen molar-refractivity contribution in [3.8, 4) is 0 Å². The fourth-order valence-corrected chi connectivity index (χ4v) is 2.05. The highest BCUT2D eigenvalue weighted by atomic mass is 16.1. The topological polar surface area (TPSA) is 55.1 Å². The maximum Gasteiger partial charge on any atom is 0.224 e. The molecule has 0 bridgehead atoms.